The Hall–Kier alpha value is -2.36. The molecule has 4 heteroatoms. The highest BCUT2D eigenvalue weighted by atomic mass is 19.1. The Bertz CT molecular complexity index is 754. The summed E-state index contributed by atoms with van der Waals surface area (Å²) in [7, 11) is 0. The van der Waals surface area contributed by atoms with Crippen LogP contribution in [0.2, 0.25) is 0 Å². The smallest absolute Gasteiger partial charge is 0.205 e. The second kappa shape index (κ2) is 4.09. The summed E-state index contributed by atoms with van der Waals surface area (Å²) < 4.78 is 15.2. The van der Waals surface area contributed by atoms with Crippen molar-refractivity contribution in [2.75, 3.05) is 5.73 Å². The molecule has 0 aliphatic heterocycles. The molecule has 0 saturated carbocycles. The van der Waals surface area contributed by atoms with Gasteiger partial charge in [0.25, 0.3) is 0 Å². The Labute approximate surface area is 110 Å². The van der Waals surface area contributed by atoms with Gasteiger partial charge in [-0.3, -0.25) is 4.57 Å². The predicted molar refractivity (Wildman–Crippen MR) is 74.9 cm³/mol. The largest absolute Gasteiger partial charge is 0.369 e. The van der Waals surface area contributed by atoms with E-state index in [0.29, 0.717) is 17.0 Å². The van der Waals surface area contributed by atoms with Crippen LogP contribution in [0.5, 0.6) is 0 Å². The fraction of sp³-hybridized carbons (Fsp3) is 0.133. The maximum atomic E-state index is 13.4. The van der Waals surface area contributed by atoms with Crippen molar-refractivity contribution in [2.45, 2.75) is 13.8 Å². The second-order valence-electron chi connectivity index (χ2n) is 4.78. The van der Waals surface area contributed by atoms with Crippen LogP contribution in [0.15, 0.2) is 36.4 Å². The van der Waals surface area contributed by atoms with Gasteiger partial charge >= 0.3 is 0 Å². The van der Waals surface area contributed by atoms with E-state index in [0.717, 1.165) is 16.8 Å². The molecule has 2 aromatic carbocycles. The third kappa shape index (κ3) is 1.95. The maximum Gasteiger partial charge on any atom is 0.205 e. The number of hydrogen-bond donors (Lipinski definition) is 1. The molecule has 0 unspecified atom stereocenters. The zero-order chi connectivity index (χ0) is 13.6. The number of imidazole rings is 1. The summed E-state index contributed by atoms with van der Waals surface area (Å²) in [6.45, 7) is 4.04. The fourth-order valence-corrected chi connectivity index (χ4v) is 2.42. The van der Waals surface area contributed by atoms with E-state index in [1.54, 1.807) is 10.6 Å². The van der Waals surface area contributed by atoms with Crippen LogP contribution >= 0.6 is 0 Å². The molecule has 0 spiro atoms. The van der Waals surface area contributed by atoms with Crippen molar-refractivity contribution in [3.05, 3.63) is 53.3 Å². The molecule has 0 aliphatic rings. The van der Waals surface area contributed by atoms with E-state index in [1.807, 2.05) is 26.0 Å². The first-order valence-corrected chi connectivity index (χ1v) is 6.07. The van der Waals surface area contributed by atoms with Gasteiger partial charge in [-0.15, -0.1) is 0 Å². The van der Waals surface area contributed by atoms with Gasteiger partial charge in [0.2, 0.25) is 5.95 Å². The number of nitrogens with zero attached hydrogens (tertiary/aromatic N) is 2. The van der Waals surface area contributed by atoms with Gasteiger partial charge in [-0.1, -0.05) is 6.07 Å². The molecule has 0 atom stereocenters. The molecule has 0 bridgehead atoms. The zero-order valence-electron chi connectivity index (χ0n) is 10.8. The molecule has 0 amide bonds. The number of halogens is 1. The van der Waals surface area contributed by atoms with Crippen molar-refractivity contribution in [1.82, 2.24) is 9.55 Å². The van der Waals surface area contributed by atoms with Gasteiger partial charge in [-0.25, -0.2) is 9.37 Å². The van der Waals surface area contributed by atoms with Crippen molar-refractivity contribution in [2.24, 2.45) is 0 Å². The highest BCUT2D eigenvalue weighted by Crippen LogP contribution is 2.25. The van der Waals surface area contributed by atoms with Crippen LogP contribution in [-0.2, 0) is 0 Å². The van der Waals surface area contributed by atoms with E-state index in [-0.39, 0.29) is 5.82 Å². The average Bonchev–Trinajstić information content (AvgIpc) is 2.63. The van der Waals surface area contributed by atoms with Gasteiger partial charge in [0.05, 0.1) is 11.0 Å². The summed E-state index contributed by atoms with van der Waals surface area (Å²) >= 11 is 0. The molecule has 3 rings (SSSR count). The van der Waals surface area contributed by atoms with Gasteiger partial charge in [0, 0.05) is 11.8 Å². The van der Waals surface area contributed by atoms with E-state index >= 15 is 0 Å². The standard InChI is InChI=1S/C15H14FN3/c1-9-5-10(2)7-12(6-9)19-14-8-11(16)3-4-13(14)18-15(19)17/h3-8H,1-2H3,(H2,17,18). The molecule has 3 aromatic rings. The van der Waals surface area contributed by atoms with Crippen LogP contribution in [0.1, 0.15) is 11.1 Å². The van der Waals surface area contributed by atoms with E-state index in [1.165, 1.54) is 12.1 Å². The Morgan fingerprint density at radius 2 is 1.74 bits per heavy atom. The fourth-order valence-electron chi connectivity index (χ4n) is 2.42. The van der Waals surface area contributed by atoms with Crippen molar-refractivity contribution in [3.8, 4) is 5.69 Å². The molecule has 19 heavy (non-hydrogen) atoms. The van der Waals surface area contributed by atoms with E-state index < -0.39 is 0 Å². The second-order valence-corrected chi connectivity index (χ2v) is 4.78. The summed E-state index contributed by atoms with van der Waals surface area (Å²) in [5.41, 5.74) is 10.5. The molecule has 1 heterocycles. The number of fused-ring (bicyclic) bond motifs is 1. The minimum atomic E-state index is -0.293. The van der Waals surface area contributed by atoms with Crippen LogP contribution < -0.4 is 5.73 Å². The molecule has 96 valence electrons. The molecule has 0 aliphatic carbocycles. The lowest BCUT2D eigenvalue weighted by Gasteiger charge is -2.09. The number of benzene rings is 2. The van der Waals surface area contributed by atoms with E-state index in [9.17, 15) is 4.39 Å². The monoisotopic (exact) mass is 255 g/mol. The number of aryl methyl sites for hydroxylation is 2. The number of aromatic nitrogens is 2. The summed E-state index contributed by atoms with van der Waals surface area (Å²) in [6.07, 6.45) is 0. The van der Waals surface area contributed by atoms with Crippen LogP contribution in [0.25, 0.3) is 16.7 Å². The molecule has 0 fully saturated rings. The molecule has 1 aromatic heterocycles. The number of nitrogen functional groups attached to an aromatic ring is 1. The summed E-state index contributed by atoms with van der Waals surface area (Å²) in [5.74, 6) is 0.0728. The van der Waals surface area contributed by atoms with Gasteiger partial charge < -0.3 is 5.73 Å². The van der Waals surface area contributed by atoms with Gasteiger partial charge in [0.1, 0.15) is 5.82 Å². The Kier molecular flexibility index (Phi) is 2.52. The van der Waals surface area contributed by atoms with Crippen LogP contribution in [0.3, 0.4) is 0 Å². The maximum absolute atomic E-state index is 13.4. The molecular weight excluding hydrogens is 241 g/mol. The Balaban J connectivity index is 2.35. The number of hydrogen-bond acceptors (Lipinski definition) is 2. The van der Waals surface area contributed by atoms with Crippen LogP contribution in [-0.4, -0.2) is 9.55 Å². The number of anilines is 1. The van der Waals surface area contributed by atoms with Crippen LogP contribution in [0, 0.1) is 19.7 Å². The van der Waals surface area contributed by atoms with Crippen molar-refractivity contribution in [3.63, 3.8) is 0 Å². The Morgan fingerprint density at radius 3 is 2.42 bits per heavy atom. The first-order chi connectivity index (χ1) is 9.04. The van der Waals surface area contributed by atoms with E-state index in [4.69, 9.17) is 5.73 Å². The quantitative estimate of drug-likeness (QED) is 0.724. The first-order valence-electron chi connectivity index (χ1n) is 6.07. The van der Waals surface area contributed by atoms with Gasteiger partial charge in [-0.05, 0) is 49.2 Å². The molecule has 2 N–H and O–H groups in total. The molecule has 3 nitrogen and oxygen atoms in total. The molecular formula is C15H14FN3. The summed E-state index contributed by atoms with van der Waals surface area (Å²) in [6, 6.07) is 10.6. The van der Waals surface area contributed by atoms with E-state index in [2.05, 4.69) is 11.1 Å². The predicted octanol–water partition coefficient (Wildman–Crippen LogP) is 3.36. The highest BCUT2D eigenvalue weighted by molar-refractivity contribution is 5.81. The zero-order valence-corrected chi connectivity index (χ0v) is 10.8. The minimum absolute atomic E-state index is 0.293. The van der Waals surface area contributed by atoms with Gasteiger partial charge in [0.15, 0.2) is 0 Å². The lowest BCUT2D eigenvalue weighted by molar-refractivity contribution is 0.629. The highest BCUT2D eigenvalue weighted by Gasteiger charge is 2.11. The number of nitrogens with two attached hydrogens (primary N) is 1. The van der Waals surface area contributed by atoms with Crippen LogP contribution in [0.4, 0.5) is 10.3 Å². The summed E-state index contributed by atoms with van der Waals surface area (Å²) in [4.78, 5) is 4.26. The lowest BCUT2D eigenvalue weighted by Crippen LogP contribution is -2.01. The molecule has 0 radical (unpaired) electrons. The van der Waals surface area contributed by atoms with Crippen molar-refractivity contribution < 1.29 is 4.39 Å². The van der Waals surface area contributed by atoms with Crippen molar-refractivity contribution >= 4 is 17.0 Å². The van der Waals surface area contributed by atoms with Crippen molar-refractivity contribution in [1.29, 1.82) is 0 Å². The normalized spacial score (nSPS) is 11.1. The third-order valence-electron chi connectivity index (χ3n) is 3.11. The Morgan fingerprint density at radius 1 is 1.05 bits per heavy atom. The number of rotatable bonds is 1. The van der Waals surface area contributed by atoms with Gasteiger partial charge in [-0.2, -0.15) is 0 Å². The topological polar surface area (TPSA) is 43.8 Å². The summed E-state index contributed by atoms with van der Waals surface area (Å²) in [5, 5.41) is 0. The average molecular weight is 255 g/mol. The SMILES string of the molecule is Cc1cc(C)cc(-n2c(N)nc3ccc(F)cc32)c1. The lowest BCUT2D eigenvalue weighted by atomic mass is 10.1. The third-order valence-corrected chi connectivity index (χ3v) is 3.11. The first kappa shape index (κ1) is 11.7. The minimum Gasteiger partial charge on any atom is -0.369 e. The molecule has 0 saturated heterocycles.